The first kappa shape index (κ1) is 26.3. The topological polar surface area (TPSA) is 188 Å². The van der Waals surface area contributed by atoms with E-state index in [2.05, 4.69) is 16.0 Å². The molecule has 0 aliphatic heterocycles. The van der Waals surface area contributed by atoms with Gasteiger partial charge in [0.15, 0.2) is 0 Å². The molecule has 0 aromatic rings. The van der Waals surface area contributed by atoms with Crippen molar-refractivity contribution in [1.82, 2.24) is 16.0 Å². The molecule has 0 aromatic heterocycles. The van der Waals surface area contributed by atoms with Gasteiger partial charge in [0.05, 0.1) is 12.5 Å². The molecule has 11 nitrogen and oxygen atoms in total. The molecule has 0 aliphatic carbocycles. The SMILES string of the molecule is CC(C)CC(NC(=O)C(N)CC(=O)O)C(=O)NC(CC(C)C)C(=O)NCC(=O)O. The van der Waals surface area contributed by atoms with Crippen LogP contribution in [0.2, 0.25) is 0 Å². The van der Waals surface area contributed by atoms with Crippen LogP contribution in [0.25, 0.3) is 0 Å². The zero-order chi connectivity index (χ0) is 22.7. The Morgan fingerprint density at radius 3 is 1.62 bits per heavy atom. The minimum atomic E-state index is -1.32. The van der Waals surface area contributed by atoms with Crippen molar-refractivity contribution in [3.05, 3.63) is 0 Å². The van der Waals surface area contributed by atoms with Gasteiger partial charge in [0.25, 0.3) is 0 Å². The van der Waals surface area contributed by atoms with E-state index in [1.54, 1.807) is 0 Å². The lowest BCUT2D eigenvalue weighted by molar-refractivity contribution is -0.140. The fraction of sp³-hybridized carbons (Fsp3) is 0.722. The Balaban J connectivity index is 5.25. The van der Waals surface area contributed by atoms with E-state index in [9.17, 15) is 24.0 Å². The number of carbonyl (C=O) groups excluding carboxylic acids is 3. The van der Waals surface area contributed by atoms with Crippen LogP contribution in [0.15, 0.2) is 0 Å². The monoisotopic (exact) mass is 416 g/mol. The molecule has 0 heterocycles. The average molecular weight is 416 g/mol. The Kier molecular flexibility index (Phi) is 11.5. The summed E-state index contributed by atoms with van der Waals surface area (Å²) in [6.07, 6.45) is -0.0873. The average Bonchev–Trinajstić information content (AvgIpc) is 2.56. The predicted octanol–water partition coefficient (Wildman–Crippen LogP) is -0.949. The van der Waals surface area contributed by atoms with Gasteiger partial charge in [0, 0.05) is 0 Å². The highest BCUT2D eigenvalue weighted by Crippen LogP contribution is 2.09. The van der Waals surface area contributed by atoms with Crippen LogP contribution in [-0.2, 0) is 24.0 Å². The quantitative estimate of drug-likeness (QED) is 0.221. The lowest BCUT2D eigenvalue weighted by Gasteiger charge is -2.25. The summed E-state index contributed by atoms with van der Waals surface area (Å²) in [4.78, 5) is 58.5. The Bertz CT molecular complexity index is 607. The van der Waals surface area contributed by atoms with Crippen LogP contribution in [0.4, 0.5) is 0 Å². The Labute approximate surface area is 169 Å². The summed E-state index contributed by atoms with van der Waals surface area (Å²) in [5.41, 5.74) is 5.54. The van der Waals surface area contributed by atoms with Crippen molar-refractivity contribution in [2.75, 3.05) is 6.54 Å². The number of hydrogen-bond donors (Lipinski definition) is 6. The first-order valence-corrected chi connectivity index (χ1v) is 9.41. The summed E-state index contributed by atoms with van der Waals surface area (Å²) in [5, 5.41) is 24.7. The van der Waals surface area contributed by atoms with Crippen molar-refractivity contribution in [2.45, 2.75) is 65.1 Å². The first-order valence-electron chi connectivity index (χ1n) is 9.41. The second-order valence-corrected chi connectivity index (χ2v) is 7.70. The second kappa shape index (κ2) is 12.7. The zero-order valence-electron chi connectivity index (χ0n) is 17.2. The number of amides is 3. The molecule has 0 rings (SSSR count). The smallest absolute Gasteiger partial charge is 0.322 e. The number of aliphatic carboxylic acids is 2. The molecule has 7 N–H and O–H groups in total. The number of carboxylic acids is 2. The number of nitrogens with two attached hydrogens (primary N) is 1. The van der Waals surface area contributed by atoms with Gasteiger partial charge in [-0.3, -0.25) is 24.0 Å². The highest BCUT2D eigenvalue weighted by Gasteiger charge is 2.29. The third-order valence-corrected chi connectivity index (χ3v) is 3.83. The Morgan fingerprint density at radius 1 is 0.759 bits per heavy atom. The molecule has 3 unspecified atom stereocenters. The summed E-state index contributed by atoms with van der Waals surface area (Å²) >= 11 is 0. The van der Waals surface area contributed by atoms with Gasteiger partial charge in [-0.1, -0.05) is 27.7 Å². The molecule has 0 aliphatic rings. The number of carbonyl (C=O) groups is 5. The molecule has 0 saturated heterocycles. The van der Waals surface area contributed by atoms with Gasteiger partial charge < -0.3 is 31.9 Å². The van der Waals surface area contributed by atoms with Crippen molar-refractivity contribution >= 4 is 29.7 Å². The maximum atomic E-state index is 12.7. The summed E-state index contributed by atoms with van der Waals surface area (Å²) < 4.78 is 0. The molecule has 0 radical (unpaired) electrons. The van der Waals surface area contributed by atoms with E-state index in [4.69, 9.17) is 15.9 Å². The first-order chi connectivity index (χ1) is 13.3. The Hall–Kier alpha value is -2.69. The van der Waals surface area contributed by atoms with E-state index in [1.807, 2.05) is 27.7 Å². The van der Waals surface area contributed by atoms with Crippen molar-refractivity contribution in [1.29, 1.82) is 0 Å². The van der Waals surface area contributed by atoms with Crippen LogP contribution in [0.1, 0.15) is 47.0 Å². The molecule has 0 aromatic carbocycles. The summed E-state index contributed by atoms with van der Waals surface area (Å²) in [7, 11) is 0. The fourth-order valence-corrected chi connectivity index (χ4v) is 2.52. The maximum absolute atomic E-state index is 12.7. The zero-order valence-corrected chi connectivity index (χ0v) is 17.2. The number of rotatable bonds is 13. The standard InChI is InChI=1S/C18H32N4O7/c1-9(2)5-12(17(28)20-8-15(25)26)22-18(29)13(6-10(3)4)21-16(27)11(19)7-14(23)24/h9-13H,5-8,19H2,1-4H3,(H,20,28)(H,21,27)(H,22,29)(H,23,24)(H,25,26). The molecule has 3 atom stereocenters. The van der Waals surface area contributed by atoms with Crippen LogP contribution in [0.5, 0.6) is 0 Å². The third-order valence-electron chi connectivity index (χ3n) is 3.83. The molecule has 11 heteroatoms. The predicted molar refractivity (Wildman–Crippen MR) is 104 cm³/mol. The summed E-state index contributed by atoms with van der Waals surface area (Å²) in [6, 6.07) is -3.33. The van der Waals surface area contributed by atoms with Gasteiger partial charge >= 0.3 is 11.9 Å². The van der Waals surface area contributed by atoms with Gasteiger partial charge in [0.2, 0.25) is 17.7 Å². The molecule has 3 amide bonds. The minimum Gasteiger partial charge on any atom is -0.481 e. The van der Waals surface area contributed by atoms with E-state index >= 15 is 0 Å². The van der Waals surface area contributed by atoms with Crippen LogP contribution < -0.4 is 21.7 Å². The minimum absolute atomic E-state index is 0.00568. The summed E-state index contributed by atoms with van der Waals surface area (Å²) in [6.45, 7) is 6.74. The van der Waals surface area contributed by atoms with E-state index in [0.29, 0.717) is 0 Å². The van der Waals surface area contributed by atoms with Gasteiger partial charge in [-0.15, -0.1) is 0 Å². The van der Waals surface area contributed by atoms with E-state index in [0.717, 1.165) is 0 Å². The second-order valence-electron chi connectivity index (χ2n) is 7.70. The van der Waals surface area contributed by atoms with Crippen LogP contribution in [-0.4, -0.2) is 64.5 Å². The van der Waals surface area contributed by atoms with Crippen molar-refractivity contribution in [3.63, 3.8) is 0 Å². The molecular weight excluding hydrogens is 384 g/mol. The molecular formula is C18H32N4O7. The molecule has 0 spiro atoms. The number of nitrogens with one attached hydrogen (secondary N) is 3. The largest absolute Gasteiger partial charge is 0.481 e. The normalized spacial score (nSPS) is 14.0. The fourth-order valence-electron chi connectivity index (χ4n) is 2.52. The lowest BCUT2D eigenvalue weighted by Crippen LogP contribution is -2.56. The van der Waals surface area contributed by atoms with Gasteiger partial charge in [0.1, 0.15) is 18.6 Å². The van der Waals surface area contributed by atoms with Crippen LogP contribution in [0.3, 0.4) is 0 Å². The molecule has 0 bridgehead atoms. The van der Waals surface area contributed by atoms with Gasteiger partial charge in [-0.2, -0.15) is 0 Å². The lowest BCUT2D eigenvalue weighted by atomic mass is 9.99. The van der Waals surface area contributed by atoms with Gasteiger partial charge in [-0.05, 0) is 24.7 Å². The number of carboxylic acid groups (broad SMARTS) is 2. The van der Waals surface area contributed by atoms with Crippen molar-refractivity contribution in [3.8, 4) is 0 Å². The van der Waals surface area contributed by atoms with Crippen molar-refractivity contribution in [2.24, 2.45) is 17.6 Å². The highest BCUT2D eigenvalue weighted by molar-refractivity contribution is 5.94. The molecule has 29 heavy (non-hydrogen) atoms. The van der Waals surface area contributed by atoms with Crippen molar-refractivity contribution < 1.29 is 34.2 Å². The van der Waals surface area contributed by atoms with E-state index in [-0.39, 0.29) is 24.7 Å². The summed E-state index contributed by atoms with van der Waals surface area (Å²) in [5.74, 6) is -4.50. The maximum Gasteiger partial charge on any atom is 0.322 e. The molecule has 0 fully saturated rings. The molecule has 0 saturated carbocycles. The van der Waals surface area contributed by atoms with E-state index in [1.165, 1.54) is 0 Å². The van der Waals surface area contributed by atoms with Gasteiger partial charge in [-0.25, -0.2) is 0 Å². The number of hydrogen-bond acceptors (Lipinski definition) is 6. The third kappa shape index (κ3) is 11.7. The van der Waals surface area contributed by atoms with E-state index < -0.39 is 60.8 Å². The molecule has 166 valence electrons. The Morgan fingerprint density at radius 2 is 1.21 bits per heavy atom. The van der Waals surface area contributed by atoms with Crippen LogP contribution in [0, 0.1) is 11.8 Å². The highest BCUT2D eigenvalue weighted by atomic mass is 16.4. The van der Waals surface area contributed by atoms with Crippen LogP contribution >= 0.6 is 0 Å².